The minimum absolute atomic E-state index is 0.810. The van der Waals surface area contributed by atoms with Crippen LogP contribution in [0, 0.1) is 0 Å². The van der Waals surface area contributed by atoms with Crippen LogP contribution in [0.25, 0.3) is 5.65 Å². The van der Waals surface area contributed by atoms with Gasteiger partial charge in [-0.3, -0.25) is 4.40 Å². The van der Waals surface area contributed by atoms with Crippen LogP contribution in [-0.4, -0.2) is 21.1 Å². The van der Waals surface area contributed by atoms with E-state index in [2.05, 4.69) is 15.5 Å². The van der Waals surface area contributed by atoms with Gasteiger partial charge in [-0.15, -0.1) is 21.5 Å². The molecule has 19 heavy (non-hydrogen) atoms. The highest BCUT2D eigenvalue weighted by molar-refractivity contribution is 7.10. The summed E-state index contributed by atoms with van der Waals surface area (Å²) in [6, 6.07) is 7.90. The maximum Gasteiger partial charge on any atom is 0.160 e. The number of rotatable bonds is 5. The molecular formula is C13H13ClN4S. The maximum atomic E-state index is 5.88. The molecule has 0 aromatic carbocycles. The third-order valence-electron chi connectivity index (χ3n) is 2.83. The van der Waals surface area contributed by atoms with Crippen molar-refractivity contribution in [3.05, 3.63) is 51.6 Å². The van der Waals surface area contributed by atoms with Crippen molar-refractivity contribution in [1.82, 2.24) is 19.9 Å². The molecule has 3 aromatic heterocycles. The summed E-state index contributed by atoms with van der Waals surface area (Å²) in [5, 5.41) is 14.5. The van der Waals surface area contributed by atoms with Gasteiger partial charge in [0.15, 0.2) is 5.65 Å². The Morgan fingerprint density at radius 1 is 1.32 bits per heavy atom. The molecule has 1 N–H and O–H groups in total. The molecule has 0 spiro atoms. The van der Waals surface area contributed by atoms with E-state index in [9.17, 15) is 0 Å². The van der Waals surface area contributed by atoms with Gasteiger partial charge in [0.05, 0.1) is 5.02 Å². The van der Waals surface area contributed by atoms with E-state index >= 15 is 0 Å². The lowest BCUT2D eigenvalue weighted by atomic mass is 10.3. The van der Waals surface area contributed by atoms with Crippen molar-refractivity contribution in [3.8, 4) is 0 Å². The molecule has 0 radical (unpaired) electrons. The van der Waals surface area contributed by atoms with Gasteiger partial charge >= 0.3 is 0 Å². The number of thiophene rings is 1. The zero-order chi connectivity index (χ0) is 13.1. The van der Waals surface area contributed by atoms with Gasteiger partial charge in [-0.05, 0) is 18.2 Å². The van der Waals surface area contributed by atoms with Crippen molar-refractivity contribution in [3.63, 3.8) is 0 Å². The molecule has 0 fully saturated rings. The summed E-state index contributed by atoms with van der Waals surface area (Å²) in [6.45, 7) is 1.71. The lowest BCUT2D eigenvalue weighted by Gasteiger charge is -2.02. The average Bonchev–Trinajstić information content (AvgIpc) is 3.02. The van der Waals surface area contributed by atoms with Crippen LogP contribution in [-0.2, 0) is 13.0 Å². The van der Waals surface area contributed by atoms with Gasteiger partial charge in [0.25, 0.3) is 0 Å². The van der Waals surface area contributed by atoms with E-state index in [1.165, 1.54) is 4.88 Å². The summed E-state index contributed by atoms with van der Waals surface area (Å²) in [5.74, 6) is 0.979. The number of nitrogens with zero attached hydrogens (tertiary/aromatic N) is 3. The van der Waals surface area contributed by atoms with Crippen LogP contribution in [0.1, 0.15) is 10.7 Å². The second-order valence-electron chi connectivity index (χ2n) is 4.20. The molecule has 0 unspecified atom stereocenters. The molecule has 3 heterocycles. The molecule has 0 aliphatic rings. The van der Waals surface area contributed by atoms with E-state index in [0.717, 1.165) is 36.0 Å². The standard InChI is InChI=1S/C13H13ClN4S/c14-10-7-11(19-9-10)8-15-5-4-13-17-16-12-3-1-2-6-18(12)13/h1-3,6-7,9,15H,4-5,8H2. The van der Waals surface area contributed by atoms with Gasteiger partial charge in [0.2, 0.25) is 0 Å². The molecule has 4 nitrogen and oxygen atoms in total. The minimum Gasteiger partial charge on any atom is -0.311 e. The molecule has 98 valence electrons. The smallest absolute Gasteiger partial charge is 0.160 e. The van der Waals surface area contributed by atoms with Crippen molar-refractivity contribution < 1.29 is 0 Å². The number of hydrogen-bond acceptors (Lipinski definition) is 4. The van der Waals surface area contributed by atoms with Crippen molar-refractivity contribution in [2.24, 2.45) is 0 Å². The number of pyridine rings is 1. The summed E-state index contributed by atoms with van der Waals surface area (Å²) in [6.07, 6.45) is 2.84. The molecule has 0 amide bonds. The van der Waals surface area contributed by atoms with E-state index in [1.54, 1.807) is 11.3 Å². The summed E-state index contributed by atoms with van der Waals surface area (Å²) >= 11 is 7.55. The van der Waals surface area contributed by atoms with Gasteiger partial charge in [0.1, 0.15) is 5.82 Å². The Morgan fingerprint density at radius 3 is 3.11 bits per heavy atom. The fourth-order valence-corrected chi connectivity index (χ4v) is 2.96. The van der Waals surface area contributed by atoms with Crippen molar-refractivity contribution in [1.29, 1.82) is 0 Å². The third-order valence-corrected chi connectivity index (χ3v) is 4.12. The lowest BCUT2D eigenvalue weighted by Crippen LogP contribution is -2.17. The Hall–Kier alpha value is -1.43. The molecule has 6 heteroatoms. The van der Waals surface area contributed by atoms with E-state index < -0.39 is 0 Å². The predicted octanol–water partition coefficient (Wildman–Crippen LogP) is 2.78. The molecular weight excluding hydrogens is 280 g/mol. The van der Waals surface area contributed by atoms with Gasteiger partial charge in [0, 0.05) is 36.0 Å². The summed E-state index contributed by atoms with van der Waals surface area (Å²) in [4.78, 5) is 1.25. The molecule has 3 aromatic rings. The van der Waals surface area contributed by atoms with E-state index in [4.69, 9.17) is 11.6 Å². The Bertz CT molecular complexity index is 676. The maximum absolute atomic E-state index is 5.88. The molecule has 0 aliphatic carbocycles. The second kappa shape index (κ2) is 5.69. The Labute approximate surface area is 120 Å². The van der Waals surface area contributed by atoms with E-state index in [-0.39, 0.29) is 0 Å². The average molecular weight is 293 g/mol. The zero-order valence-electron chi connectivity index (χ0n) is 10.2. The highest BCUT2D eigenvalue weighted by Gasteiger charge is 2.04. The number of halogens is 1. The third kappa shape index (κ3) is 2.94. The largest absolute Gasteiger partial charge is 0.311 e. The minimum atomic E-state index is 0.810. The number of hydrogen-bond donors (Lipinski definition) is 1. The molecule has 3 rings (SSSR count). The first-order valence-electron chi connectivity index (χ1n) is 6.05. The van der Waals surface area contributed by atoms with Crippen LogP contribution < -0.4 is 5.32 Å². The molecule has 0 saturated heterocycles. The van der Waals surface area contributed by atoms with Gasteiger partial charge < -0.3 is 5.32 Å². The molecule has 0 bridgehead atoms. The second-order valence-corrected chi connectivity index (χ2v) is 5.64. The van der Waals surface area contributed by atoms with Gasteiger partial charge in [-0.1, -0.05) is 17.7 Å². The first-order valence-corrected chi connectivity index (χ1v) is 7.31. The van der Waals surface area contributed by atoms with Crippen molar-refractivity contribution in [2.75, 3.05) is 6.54 Å². The number of nitrogens with one attached hydrogen (secondary N) is 1. The van der Waals surface area contributed by atoms with Crippen LogP contribution >= 0.6 is 22.9 Å². The fourth-order valence-electron chi connectivity index (χ4n) is 1.92. The molecule has 0 aliphatic heterocycles. The van der Waals surface area contributed by atoms with Crippen molar-refractivity contribution in [2.45, 2.75) is 13.0 Å². The highest BCUT2D eigenvalue weighted by Crippen LogP contribution is 2.18. The number of aromatic nitrogens is 3. The summed E-state index contributed by atoms with van der Waals surface area (Å²) < 4.78 is 2.02. The van der Waals surface area contributed by atoms with Crippen LogP contribution in [0.2, 0.25) is 5.02 Å². The first kappa shape index (κ1) is 12.6. The molecule has 0 saturated carbocycles. The van der Waals surface area contributed by atoms with Crippen LogP contribution in [0.3, 0.4) is 0 Å². The van der Waals surface area contributed by atoms with Crippen molar-refractivity contribution >= 4 is 28.6 Å². The van der Waals surface area contributed by atoms with E-state index in [0.29, 0.717) is 0 Å². The van der Waals surface area contributed by atoms with Crippen LogP contribution in [0.4, 0.5) is 0 Å². The monoisotopic (exact) mass is 292 g/mol. The Morgan fingerprint density at radius 2 is 2.26 bits per heavy atom. The summed E-state index contributed by atoms with van der Waals surface area (Å²) in [5.41, 5.74) is 0.891. The Balaban J connectivity index is 1.55. The summed E-state index contributed by atoms with van der Waals surface area (Å²) in [7, 11) is 0. The van der Waals surface area contributed by atoms with E-state index in [1.807, 2.05) is 40.2 Å². The topological polar surface area (TPSA) is 42.2 Å². The van der Waals surface area contributed by atoms with Crippen LogP contribution in [0.5, 0.6) is 0 Å². The quantitative estimate of drug-likeness (QED) is 0.735. The highest BCUT2D eigenvalue weighted by atomic mass is 35.5. The number of fused-ring (bicyclic) bond motifs is 1. The lowest BCUT2D eigenvalue weighted by molar-refractivity contribution is 0.672. The zero-order valence-corrected chi connectivity index (χ0v) is 11.8. The SMILES string of the molecule is Clc1csc(CNCCc2nnc3ccccn23)c1. The predicted molar refractivity (Wildman–Crippen MR) is 77.7 cm³/mol. The molecule has 0 atom stereocenters. The fraction of sp³-hybridized carbons (Fsp3) is 0.231. The van der Waals surface area contributed by atoms with Gasteiger partial charge in [-0.25, -0.2) is 0 Å². The normalized spacial score (nSPS) is 11.2. The van der Waals surface area contributed by atoms with Crippen LogP contribution in [0.15, 0.2) is 35.8 Å². The first-order chi connectivity index (χ1) is 9.33. The van der Waals surface area contributed by atoms with Gasteiger partial charge in [-0.2, -0.15) is 0 Å². The Kier molecular flexibility index (Phi) is 3.77.